The zero-order valence-corrected chi connectivity index (χ0v) is 12.7. The average molecular weight is 302 g/mol. The smallest absolute Gasteiger partial charge is 0.130 e. The highest BCUT2D eigenvalue weighted by Gasteiger charge is 2.18. The number of halogens is 1. The standard InChI is InChI=1S/C16H16ClN3O/c1-10-13(16(17)20(2)19-10)9-15(21)12-5-3-7-14-11(12)6-4-8-18-14/h3-8,15,21H,9H2,1-2H3. The van der Waals surface area contributed by atoms with Crippen LogP contribution in [0.5, 0.6) is 0 Å². The fourth-order valence-corrected chi connectivity index (χ4v) is 2.88. The molecule has 0 aliphatic carbocycles. The van der Waals surface area contributed by atoms with E-state index in [0.29, 0.717) is 11.6 Å². The molecular weight excluding hydrogens is 286 g/mol. The van der Waals surface area contributed by atoms with Crippen LogP contribution in [0.25, 0.3) is 10.9 Å². The fraction of sp³-hybridized carbons (Fsp3) is 0.250. The Balaban J connectivity index is 1.99. The largest absolute Gasteiger partial charge is 0.388 e. The predicted molar refractivity (Wildman–Crippen MR) is 83.4 cm³/mol. The molecule has 1 atom stereocenters. The molecule has 4 nitrogen and oxygen atoms in total. The van der Waals surface area contributed by atoms with Crippen molar-refractivity contribution in [3.63, 3.8) is 0 Å². The molecule has 3 aromatic rings. The van der Waals surface area contributed by atoms with Crippen LogP contribution in [0, 0.1) is 6.92 Å². The maximum Gasteiger partial charge on any atom is 0.130 e. The fourth-order valence-electron chi connectivity index (χ4n) is 2.63. The normalized spacial score (nSPS) is 12.8. The molecule has 5 heteroatoms. The highest BCUT2D eigenvalue weighted by atomic mass is 35.5. The van der Waals surface area contributed by atoms with E-state index in [1.54, 1.807) is 17.9 Å². The number of aliphatic hydroxyl groups excluding tert-OH is 1. The lowest BCUT2D eigenvalue weighted by molar-refractivity contribution is 0.180. The van der Waals surface area contributed by atoms with Crippen LogP contribution in [-0.4, -0.2) is 19.9 Å². The predicted octanol–water partition coefficient (Wildman–Crippen LogP) is 3.21. The molecule has 0 aliphatic heterocycles. The Morgan fingerprint density at radius 3 is 2.81 bits per heavy atom. The van der Waals surface area contributed by atoms with Gasteiger partial charge in [0.1, 0.15) is 5.15 Å². The molecule has 21 heavy (non-hydrogen) atoms. The molecule has 108 valence electrons. The molecular formula is C16H16ClN3O. The summed E-state index contributed by atoms with van der Waals surface area (Å²) in [4.78, 5) is 4.32. The lowest BCUT2D eigenvalue weighted by Gasteiger charge is -2.13. The van der Waals surface area contributed by atoms with Crippen LogP contribution in [0.15, 0.2) is 36.5 Å². The summed E-state index contributed by atoms with van der Waals surface area (Å²) < 4.78 is 1.63. The highest BCUT2D eigenvalue weighted by molar-refractivity contribution is 6.30. The Kier molecular flexibility index (Phi) is 3.66. The van der Waals surface area contributed by atoms with Crippen LogP contribution >= 0.6 is 11.6 Å². The van der Waals surface area contributed by atoms with Gasteiger partial charge >= 0.3 is 0 Å². The minimum atomic E-state index is -0.640. The third-order valence-corrected chi connectivity index (χ3v) is 4.18. The van der Waals surface area contributed by atoms with Crippen LogP contribution in [-0.2, 0) is 13.5 Å². The zero-order valence-electron chi connectivity index (χ0n) is 11.9. The Bertz CT molecular complexity index is 792. The second-order valence-electron chi connectivity index (χ2n) is 5.12. The number of pyridine rings is 1. The SMILES string of the molecule is Cc1nn(C)c(Cl)c1CC(O)c1cccc2ncccc12. The summed E-state index contributed by atoms with van der Waals surface area (Å²) in [6.45, 7) is 1.90. The summed E-state index contributed by atoms with van der Waals surface area (Å²) in [5, 5.41) is 16.4. The summed E-state index contributed by atoms with van der Waals surface area (Å²) in [5.74, 6) is 0. The number of hydrogen-bond donors (Lipinski definition) is 1. The number of aryl methyl sites for hydroxylation is 2. The number of rotatable bonds is 3. The van der Waals surface area contributed by atoms with Crippen molar-refractivity contribution >= 4 is 22.5 Å². The van der Waals surface area contributed by atoms with Gasteiger partial charge in [-0.05, 0) is 24.6 Å². The van der Waals surface area contributed by atoms with Crippen LogP contribution in [0.3, 0.4) is 0 Å². The molecule has 0 fully saturated rings. The minimum Gasteiger partial charge on any atom is -0.388 e. The molecule has 0 bridgehead atoms. The van der Waals surface area contributed by atoms with Gasteiger partial charge in [-0.3, -0.25) is 9.67 Å². The van der Waals surface area contributed by atoms with Gasteiger partial charge in [-0.25, -0.2) is 0 Å². The van der Waals surface area contributed by atoms with Gasteiger partial charge in [0.25, 0.3) is 0 Å². The van der Waals surface area contributed by atoms with Gasteiger partial charge < -0.3 is 5.11 Å². The maximum absolute atomic E-state index is 10.6. The quantitative estimate of drug-likeness (QED) is 0.808. The minimum absolute atomic E-state index is 0.437. The zero-order chi connectivity index (χ0) is 15.0. The van der Waals surface area contributed by atoms with Gasteiger partial charge in [0, 0.05) is 30.6 Å². The van der Waals surface area contributed by atoms with Crippen molar-refractivity contribution in [2.75, 3.05) is 0 Å². The molecule has 2 aromatic heterocycles. The van der Waals surface area contributed by atoms with Gasteiger partial charge in [0.05, 0.1) is 17.3 Å². The Morgan fingerprint density at radius 1 is 1.29 bits per heavy atom. The molecule has 1 unspecified atom stereocenters. The molecule has 0 amide bonds. The monoisotopic (exact) mass is 301 g/mol. The first-order chi connectivity index (χ1) is 10.1. The van der Waals surface area contributed by atoms with Crippen molar-refractivity contribution in [1.29, 1.82) is 0 Å². The van der Waals surface area contributed by atoms with E-state index in [-0.39, 0.29) is 0 Å². The molecule has 2 heterocycles. The second-order valence-corrected chi connectivity index (χ2v) is 5.47. The number of aliphatic hydroxyl groups is 1. The lowest BCUT2D eigenvalue weighted by atomic mass is 9.98. The highest BCUT2D eigenvalue weighted by Crippen LogP contribution is 2.29. The Hall–Kier alpha value is -1.91. The van der Waals surface area contributed by atoms with Crippen molar-refractivity contribution in [3.8, 4) is 0 Å². The molecule has 1 aromatic carbocycles. The van der Waals surface area contributed by atoms with E-state index in [1.165, 1.54) is 0 Å². The third kappa shape index (κ3) is 2.52. The molecule has 1 N–H and O–H groups in total. The van der Waals surface area contributed by atoms with Gasteiger partial charge in [0.15, 0.2) is 0 Å². The molecule has 3 rings (SSSR count). The van der Waals surface area contributed by atoms with Gasteiger partial charge in [-0.2, -0.15) is 5.10 Å². The van der Waals surface area contributed by atoms with E-state index in [9.17, 15) is 5.11 Å². The maximum atomic E-state index is 10.6. The third-order valence-electron chi connectivity index (χ3n) is 3.71. The molecule has 0 aliphatic rings. The van der Waals surface area contributed by atoms with Crippen molar-refractivity contribution in [3.05, 3.63) is 58.5 Å². The molecule has 0 radical (unpaired) electrons. The number of fused-ring (bicyclic) bond motifs is 1. The topological polar surface area (TPSA) is 50.9 Å². The van der Waals surface area contributed by atoms with E-state index in [0.717, 1.165) is 27.7 Å². The first kappa shape index (κ1) is 14.0. The van der Waals surface area contributed by atoms with Crippen molar-refractivity contribution in [2.45, 2.75) is 19.4 Å². The summed E-state index contributed by atoms with van der Waals surface area (Å²) in [5.41, 5.74) is 3.47. The molecule has 0 saturated carbocycles. The summed E-state index contributed by atoms with van der Waals surface area (Å²) in [7, 11) is 1.80. The van der Waals surface area contributed by atoms with Crippen LogP contribution < -0.4 is 0 Å². The second kappa shape index (κ2) is 5.47. The van der Waals surface area contributed by atoms with Crippen molar-refractivity contribution in [1.82, 2.24) is 14.8 Å². The van der Waals surface area contributed by atoms with E-state index in [2.05, 4.69) is 10.1 Å². The number of nitrogens with zero attached hydrogens (tertiary/aromatic N) is 3. The Morgan fingerprint density at radius 2 is 2.10 bits per heavy atom. The number of hydrogen-bond acceptors (Lipinski definition) is 3. The summed E-state index contributed by atoms with van der Waals surface area (Å²) in [6, 6.07) is 9.62. The first-order valence-electron chi connectivity index (χ1n) is 6.77. The van der Waals surface area contributed by atoms with Gasteiger partial charge in [-0.15, -0.1) is 0 Å². The van der Waals surface area contributed by atoms with Crippen LogP contribution in [0.4, 0.5) is 0 Å². The van der Waals surface area contributed by atoms with E-state index in [1.807, 2.05) is 37.3 Å². The lowest BCUT2D eigenvalue weighted by Crippen LogP contribution is -2.04. The first-order valence-corrected chi connectivity index (χ1v) is 7.15. The van der Waals surface area contributed by atoms with Crippen molar-refractivity contribution in [2.24, 2.45) is 7.05 Å². The van der Waals surface area contributed by atoms with Gasteiger partial charge in [0.2, 0.25) is 0 Å². The summed E-state index contributed by atoms with van der Waals surface area (Å²) >= 11 is 6.24. The molecule has 0 saturated heterocycles. The molecule has 0 spiro atoms. The van der Waals surface area contributed by atoms with Crippen molar-refractivity contribution < 1.29 is 5.11 Å². The van der Waals surface area contributed by atoms with E-state index < -0.39 is 6.10 Å². The number of benzene rings is 1. The number of aromatic nitrogens is 3. The Labute approximate surface area is 128 Å². The van der Waals surface area contributed by atoms with E-state index >= 15 is 0 Å². The van der Waals surface area contributed by atoms with E-state index in [4.69, 9.17) is 11.6 Å². The van der Waals surface area contributed by atoms with Crippen LogP contribution in [0.1, 0.15) is 22.9 Å². The summed E-state index contributed by atoms with van der Waals surface area (Å²) in [6.07, 6.45) is 1.55. The van der Waals surface area contributed by atoms with Gasteiger partial charge in [-0.1, -0.05) is 29.8 Å². The average Bonchev–Trinajstić information content (AvgIpc) is 2.73. The van der Waals surface area contributed by atoms with Crippen LogP contribution in [0.2, 0.25) is 5.15 Å².